The third-order valence-corrected chi connectivity index (χ3v) is 4.50. The van der Waals surface area contributed by atoms with Gasteiger partial charge in [-0.05, 0) is 37.5 Å². The van der Waals surface area contributed by atoms with Gasteiger partial charge in [0.25, 0.3) is 5.91 Å². The molecule has 1 amide bonds. The van der Waals surface area contributed by atoms with Crippen molar-refractivity contribution in [1.29, 1.82) is 0 Å². The number of fused-ring (bicyclic) bond motifs is 2. The van der Waals surface area contributed by atoms with Crippen molar-refractivity contribution < 1.29 is 4.79 Å². The van der Waals surface area contributed by atoms with Gasteiger partial charge in [0.1, 0.15) is 11.5 Å². The summed E-state index contributed by atoms with van der Waals surface area (Å²) in [5, 5.41) is 6.28. The summed E-state index contributed by atoms with van der Waals surface area (Å²) >= 11 is 0. The van der Waals surface area contributed by atoms with Gasteiger partial charge in [0, 0.05) is 12.6 Å². The molecule has 3 atom stereocenters. The summed E-state index contributed by atoms with van der Waals surface area (Å²) in [6.45, 7) is 2.96. The fourth-order valence-electron chi connectivity index (χ4n) is 3.45. The van der Waals surface area contributed by atoms with Gasteiger partial charge in [-0.1, -0.05) is 13.3 Å². The Morgan fingerprint density at radius 1 is 1.30 bits per heavy atom. The Labute approximate surface area is 119 Å². The van der Waals surface area contributed by atoms with Crippen LogP contribution in [0.15, 0.2) is 12.4 Å². The van der Waals surface area contributed by atoms with Crippen LogP contribution in [0.4, 0.5) is 5.82 Å². The maximum atomic E-state index is 12.2. The third-order valence-electron chi connectivity index (χ3n) is 4.50. The van der Waals surface area contributed by atoms with Crippen molar-refractivity contribution in [2.45, 2.75) is 45.1 Å². The van der Waals surface area contributed by atoms with Crippen molar-refractivity contribution >= 4 is 11.7 Å². The van der Waals surface area contributed by atoms with E-state index in [1.165, 1.54) is 19.3 Å². The smallest absolute Gasteiger partial charge is 0.271 e. The minimum absolute atomic E-state index is 0.0860. The number of aromatic nitrogens is 2. The first-order valence-electron chi connectivity index (χ1n) is 7.63. The Morgan fingerprint density at radius 2 is 2.20 bits per heavy atom. The number of anilines is 1. The van der Waals surface area contributed by atoms with E-state index < -0.39 is 0 Å². The SMILES string of the molecule is CCCNc1cnc(C(=O)NC2CC3CCC2C3)cn1. The summed E-state index contributed by atoms with van der Waals surface area (Å²) in [4.78, 5) is 20.6. The number of carbonyl (C=O) groups excluding carboxylic acids is 1. The molecule has 1 heterocycles. The second-order valence-corrected chi connectivity index (χ2v) is 5.97. The number of rotatable bonds is 5. The van der Waals surface area contributed by atoms with Gasteiger partial charge in [-0.3, -0.25) is 4.79 Å². The summed E-state index contributed by atoms with van der Waals surface area (Å²) in [7, 11) is 0. The zero-order chi connectivity index (χ0) is 13.9. The lowest BCUT2D eigenvalue weighted by atomic mass is 9.95. The van der Waals surface area contributed by atoms with Crippen LogP contribution in [0.1, 0.15) is 49.5 Å². The number of nitrogens with zero attached hydrogens (tertiary/aromatic N) is 2. The molecule has 2 N–H and O–H groups in total. The molecular weight excluding hydrogens is 252 g/mol. The molecule has 2 bridgehead atoms. The fraction of sp³-hybridized carbons (Fsp3) is 0.667. The Balaban J connectivity index is 1.57. The quantitative estimate of drug-likeness (QED) is 0.864. The third kappa shape index (κ3) is 2.76. The molecule has 1 aromatic rings. The molecule has 0 aliphatic heterocycles. The monoisotopic (exact) mass is 274 g/mol. The summed E-state index contributed by atoms with van der Waals surface area (Å²) in [5.41, 5.74) is 0.412. The Hall–Kier alpha value is -1.65. The predicted molar refractivity (Wildman–Crippen MR) is 77.5 cm³/mol. The van der Waals surface area contributed by atoms with Crippen molar-refractivity contribution in [2.24, 2.45) is 11.8 Å². The van der Waals surface area contributed by atoms with Crippen LogP contribution in [0.2, 0.25) is 0 Å². The highest BCUT2D eigenvalue weighted by molar-refractivity contribution is 5.92. The van der Waals surface area contributed by atoms with E-state index in [1.54, 1.807) is 12.4 Å². The number of nitrogens with one attached hydrogen (secondary N) is 2. The van der Waals surface area contributed by atoms with Crippen LogP contribution >= 0.6 is 0 Å². The largest absolute Gasteiger partial charge is 0.369 e. The van der Waals surface area contributed by atoms with Crippen LogP contribution < -0.4 is 10.6 Å². The second-order valence-electron chi connectivity index (χ2n) is 5.97. The first-order valence-corrected chi connectivity index (χ1v) is 7.63. The molecule has 20 heavy (non-hydrogen) atoms. The average molecular weight is 274 g/mol. The van der Waals surface area contributed by atoms with Gasteiger partial charge in [-0.25, -0.2) is 9.97 Å². The van der Waals surface area contributed by atoms with Gasteiger partial charge in [0.05, 0.1) is 12.4 Å². The molecule has 5 heteroatoms. The molecule has 0 radical (unpaired) electrons. The molecule has 2 aliphatic rings. The topological polar surface area (TPSA) is 66.9 Å². The van der Waals surface area contributed by atoms with Crippen molar-refractivity contribution in [3.05, 3.63) is 18.1 Å². The molecular formula is C15H22N4O. The van der Waals surface area contributed by atoms with Crippen molar-refractivity contribution in [3.63, 3.8) is 0 Å². The van der Waals surface area contributed by atoms with Crippen molar-refractivity contribution in [2.75, 3.05) is 11.9 Å². The lowest BCUT2D eigenvalue weighted by Crippen LogP contribution is -2.38. The normalized spacial score (nSPS) is 27.6. The molecule has 2 fully saturated rings. The van der Waals surface area contributed by atoms with Gasteiger partial charge in [0.15, 0.2) is 0 Å². The highest BCUT2D eigenvalue weighted by atomic mass is 16.1. The first-order chi connectivity index (χ1) is 9.76. The summed E-state index contributed by atoms with van der Waals surface area (Å²) < 4.78 is 0. The van der Waals surface area contributed by atoms with E-state index >= 15 is 0 Å². The van der Waals surface area contributed by atoms with Crippen LogP contribution in [0.25, 0.3) is 0 Å². The molecule has 3 unspecified atom stereocenters. The highest BCUT2D eigenvalue weighted by Gasteiger charge is 2.40. The number of hydrogen-bond donors (Lipinski definition) is 2. The standard InChI is InChI=1S/C15H22N4O/c1-2-5-16-14-9-17-13(8-18-14)15(20)19-12-7-10-3-4-11(12)6-10/h8-12H,2-7H2,1H3,(H,16,18)(H,19,20). The van der Waals surface area contributed by atoms with Gasteiger partial charge in [0.2, 0.25) is 0 Å². The van der Waals surface area contributed by atoms with Gasteiger partial charge < -0.3 is 10.6 Å². The van der Waals surface area contributed by atoms with E-state index in [9.17, 15) is 4.79 Å². The Bertz CT molecular complexity index is 473. The number of hydrogen-bond acceptors (Lipinski definition) is 4. The minimum Gasteiger partial charge on any atom is -0.369 e. The molecule has 5 nitrogen and oxygen atoms in total. The van der Waals surface area contributed by atoms with E-state index in [2.05, 4.69) is 27.5 Å². The van der Waals surface area contributed by atoms with E-state index in [-0.39, 0.29) is 5.91 Å². The average Bonchev–Trinajstić information content (AvgIpc) is 3.08. The number of amides is 1. The highest BCUT2D eigenvalue weighted by Crippen LogP contribution is 2.44. The molecule has 0 saturated heterocycles. The lowest BCUT2D eigenvalue weighted by molar-refractivity contribution is 0.0917. The van der Waals surface area contributed by atoms with E-state index in [0.29, 0.717) is 17.7 Å². The minimum atomic E-state index is -0.0860. The first kappa shape index (κ1) is 13.3. The molecule has 1 aromatic heterocycles. The maximum Gasteiger partial charge on any atom is 0.271 e. The zero-order valence-electron chi connectivity index (χ0n) is 11.9. The molecule has 2 saturated carbocycles. The van der Waals surface area contributed by atoms with Gasteiger partial charge in [-0.2, -0.15) is 0 Å². The van der Waals surface area contributed by atoms with Crippen LogP contribution in [-0.2, 0) is 0 Å². The summed E-state index contributed by atoms with van der Waals surface area (Å²) in [5.74, 6) is 2.15. The second kappa shape index (κ2) is 5.77. The summed E-state index contributed by atoms with van der Waals surface area (Å²) in [6.07, 6.45) is 9.26. The zero-order valence-corrected chi connectivity index (χ0v) is 11.9. The molecule has 108 valence electrons. The van der Waals surface area contributed by atoms with Gasteiger partial charge in [-0.15, -0.1) is 0 Å². The summed E-state index contributed by atoms with van der Waals surface area (Å²) in [6, 6.07) is 0.348. The van der Waals surface area contributed by atoms with E-state index in [0.717, 1.165) is 31.1 Å². The van der Waals surface area contributed by atoms with Crippen molar-refractivity contribution in [3.8, 4) is 0 Å². The van der Waals surface area contributed by atoms with E-state index in [4.69, 9.17) is 0 Å². The lowest BCUT2D eigenvalue weighted by Gasteiger charge is -2.22. The number of carbonyl (C=O) groups is 1. The Morgan fingerprint density at radius 3 is 2.80 bits per heavy atom. The van der Waals surface area contributed by atoms with Gasteiger partial charge >= 0.3 is 0 Å². The molecule has 2 aliphatic carbocycles. The predicted octanol–water partition coefficient (Wildman–Crippen LogP) is 2.22. The molecule has 3 rings (SSSR count). The van der Waals surface area contributed by atoms with E-state index in [1.807, 2.05) is 0 Å². The maximum absolute atomic E-state index is 12.2. The Kier molecular flexibility index (Phi) is 3.85. The molecule has 0 spiro atoms. The van der Waals surface area contributed by atoms with Crippen LogP contribution in [-0.4, -0.2) is 28.5 Å². The molecule has 0 aromatic carbocycles. The van der Waals surface area contributed by atoms with Crippen molar-refractivity contribution in [1.82, 2.24) is 15.3 Å². The van der Waals surface area contributed by atoms with Crippen LogP contribution in [0.3, 0.4) is 0 Å². The van der Waals surface area contributed by atoms with Crippen LogP contribution in [0, 0.1) is 11.8 Å². The fourth-order valence-corrected chi connectivity index (χ4v) is 3.45. The van der Waals surface area contributed by atoms with Crippen LogP contribution in [0.5, 0.6) is 0 Å².